The average Bonchev–Trinajstić information content (AvgIpc) is 2.65. The minimum atomic E-state index is 0.0737. The first-order chi connectivity index (χ1) is 12.3. The van der Waals surface area contributed by atoms with Crippen LogP contribution < -0.4 is 5.43 Å². The van der Waals surface area contributed by atoms with Crippen LogP contribution >= 0.6 is 0 Å². The van der Waals surface area contributed by atoms with Gasteiger partial charge < -0.3 is 14.8 Å². The Hall–Kier alpha value is -2.21. The first-order valence-electron chi connectivity index (χ1n) is 8.70. The van der Waals surface area contributed by atoms with E-state index in [1.165, 1.54) is 0 Å². The van der Waals surface area contributed by atoms with Gasteiger partial charge in [-0.2, -0.15) is 0 Å². The van der Waals surface area contributed by atoms with Crippen molar-refractivity contribution in [3.8, 4) is 0 Å². The van der Waals surface area contributed by atoms with E-state index in [1.807, 2.05) is 53.4 Å². The molecule has 25 heavy (non-hydrogen) atoms. The standard InChI is InChI=1S/C20H24N2O3/c23-14-12-21(13-15-24)10-5-11-22-18-8-3-1-6-16(18)20(25)17-7-2-4-9-19(17)22/h1-4,6-9,23-24H,5,10-15H2. The van der Waals surface area contributed by atoms with Crippen molar-refractivity contribution in [2.45, 2.75) is 13.0 Å². The van der Waals surface area contributed by atoms with E-state index in [9.17, 15) is 4.79 Å². The highest BCUT2D eigenvalue weighted by Crippen LogP contribution is 2.19. The second-order valence-corrected chi connectivity index (χ2v) is 6.16. The van der Waals surface area contributed by atoms with E-state index in [2.05, 4.69) is 4.57 Å². The summed E-state index contributed by atoms with van der Waals surface area (Å²) < 4.78 is 2.20. The molecule has 2 N–H and O–H groups in total. The fourth-order valence-electron chi connectivity index (χ4n) is 3.39. The Kier molecular flexibility index (Phi) is 5.81. The number of benzene rings is 2. The number of pyridine rings is 1. The molecule has 0 aliphatic rings. The normalized spacial score (nSPS) is 11.6. The Morgan fingerprint density at radius 2 is 1.32 bits per heavy atom. The van der Waals surface area contributed by atoms with E-state index in [0.29, 0.717) is 13.1 Å². The second-order valence-electron chi connectivity index (χ2n) is 6.16. The number of aryl methyl sites for hydroxylation is 1. The van der Waals surface area contributed by atoms with Gasteiger partial charge in [-0.3, -0.25) is 9.69 Å². The number of aliphatic hydroxyl groups excluding tert-OH is 2. The van der Waals surface area contributed by atoms with Crippen LogP contribution in [0, 0.1) is 0 Å². The van der Waals surface area contributed by atoms with Crippen LogP contribution in [0.15, 0.2) is 53.3 Å². The summed E-state index contributed by atoms with van der Waals surface area (Å²) in [7, 11) is 0. The quantitative estimate of drug-likeness (QED) is 0.614. The molecule has 5 nitrogen and oxygen atoms in total. The molecule has 3 rings (SSSR count). The summed E-state index contributed by atoms with van der Waals surface area (Å²) in [5.41, 5.74) is 1.97. The van der Waals surface area contributed by atoms with Crippen LogP contribution in [0.5, 0.6) is 0 Å². The molecule has 2 aromatic carbocycles. The van der Waals surface area contributed by atoms with Crippen LogP contribution in [0.1, 0.15) is 6.42 Å². The zero-order chi connectivity index (χ0) is 17.6. The number of para-hydroxylation sites is 2. The van der Waals surface area contributed by atoms with Gasteiger partial charge in [-0.05, 0) is 30.7 Å². The lowest BCUT2D eigenvalue weighted by atomic mass is 10.1. The lowest BCUT2D eigenvalue weighted by Crippen LogP contribution is -2.31. The van der Waals surface area contributed by atoms with Crippen molar-refractivity contribution < 1.29 is 10.2 Å². The predicted octanol–water partition coefficient (Wildman–Crippen LogP) is 1.83. The van der Waals surface area contributed by atoms with E-state index in [4.69, 9.17) is 10.2 Å². The summed E-state index contributed by atoms with van der Waals surface area (Å²) in [5.74, 6) is 0. The highest BCUT2D eigenvalue weighted by atomic mass is 16.3. The minimum absolute atomic E-state index is 0.0737. The van der Waals surface area contributed by atoms with E-state index >= 15 is 0 Å². The summed E-state index contributed by atoms with van der Waals surface area (Å²) in [6.07, 6.45) is 0.872. The lowest BCUT2D eigenvalue weighted by molar-refractivity contribution is 0.158. The summed E-state index contributed by atoms with van der Waals surface area (Å²) in [5, 5.41) is 19.7. The Balaban J connectivity index is 1.94. The molecule has 0 unspecified atom stereocenters. The molecule has 0 radical (unpaired) electrons. The number of rotatable bonds is 8. The third kappa shape index (κ3) is 3.74. The van der Waals surface area contributed by atoms with E-state index in [0.717, 1.165) is 41.3 Å². The minimum Gasteiger partial charge on any atom is -0.395 e. The van der Waals surface area contributed by atoms with Crippen LogP contribution in [0.25, 0.3) is 21.8 Å². The maximum Gasteiger partial charge on any atom is 0.197 e. The van der Waals surface area contributed by atoms with Crippen molar-refractivity contribution in [2.24, 2.45) is 0 Å². The molecule has 132 valence electrons. The largest absolute Gasteiger partial charge is 0.395 e. The number of aromatic nitrogens is 1. The molecule has 0 atom stereocenters. The molecule has 0 spiro atoms. The highest BCUT2D eigenvalue weighted by Gasteiger charge is 2.10. The molecule has 0 bridgehead atoms. The molecule has 1 aromatic heterocycles. The lowest BCUT2D eigenvalue weighted by Gasteiger charge is -2.21. The number of hydrogen-bond donors (Lipinski definition) is 2. The Morgan fingerprint density at radius 3 is 1.84 bits per heavy atom. The Morgan fingerprint density at radius 1 is 0.800 bits per heavy atom. The zero-order valence-corrected chi connectivity index (χ0v) is 14.3. The third-order valence-electron chi connectivity index (χ3n) is 4.57. The van der Waals surface area contributed by atoms with Crippen molar-refractivity contribution in [3.05, 3.63) is 58.8 Å². The van der Waals surface area contributed by atoms with Gasteiger partial charge in [0.05, 0.1) is 24.2 Å². The molecule has 0 fully saturated rings. The van der Waals surface area contributed by atoms with Crippen molar-refractivity contribution in [2.75, 3.05) is 32.8 Å². The van der Waals surface area contributed by atoms with Gasteiger partial charge in [0, 0.05) is 37.0 Å². The first kappa shape index (κ1) is 17.6. The summed E-state index contributed by atoms with van der Waals surface area (Å²) >= 11 is 0. The monoisotopic (exact) mass is 340 g/mol. The molecule has 0 amide bonds. The SMILES string of the molecule is O=c1c2ccccc2n(CCCN(CCO)CCO)c2ccccc12. The fourth-order valence-corrected chi connectivity index (χ4v) is 3.39. The molecule has 0 aliphatic carbocycles. The summed E-state index contributed by atoms with van der Waals surface area (Å²) in [4.78, 5) is 14.8. The van der Waals surface area contributed by atoms with Crippen molar-refractivity contribution in [1.82, 2.24) is 9.47 Å². The van der Waals surface area contributed by atoms with Crippen molar-refractivity contribution in [3.63, 3.8) is 0 Å². The van der Waals surface area contributed by atoms with Gasteiger partial charge in [-0.25, -0.2) is 0 Å². The number of nitrogens with zero attached hydrogens (tertiary/aromatic N) is 2. The van der Waals surface area contributed by atoms with E-state index in [-0.39, 0.29) is 18.6 Å². The molecule has 0 aliphatic heterocycles. The molecule has 0 saturated carbocycles. The van der Waals surface area contributed by atoms with E-state index < -0.39 is 0 Å². The van der Waals surface area contributed by atoms with Crippen LogP contribution in [-0.2, 0) is 6.54 Å². The predicted molar refractivity (Wildman–Crippen MR) is 101 cm³/mol. The van der Waals surface area contributed by atoms with Gasteiger partial charge in [0.1, 0.15) is 0 Å². The van der Waals surface area contributed by atoms with Gasteiger partial charge >= 0.3 is 0 Å². The number of fused-ring (bicyclic) bond motifs is 2. The molecular weight excluding hydrogens is 316 g/mol. The van der Waals surface area contributed by atoms with Crippen LogP contribution in [0.4, 0.5) is 0 Å². The summed E-state index contributed by atoms with van der Waals surface area (Å²) in [6, 6.07) is 15.4. The summed E-state index contributed by atoms with van der Waals surface area (Å²) in [6.45, 7) is 2.86. The van der Waals surface area contributed by atoms with E-state index in [1.54, 1.807) is 0 Å². The van der Waals surface area contributed by atoms with Crippen molar-refractivity contribution >= 4 is 21.8 Å². The maximum absolute atomic E-state index is 12.7. The first-order valence-corrected chi connectivity index (χ1v) is 8.70. The topological polar surface area (TPSA) is 65.7 Å². The van der Waals surface area contributed by atoms with Crippen LogP contribution in [0.2, 0.25) is 0 Å². The highest BCUT2D eigenvalue weighted by molar-refractivity contribution is 5.93. The van der Waals surface area contributed by atoms with Crippen molar-refractivity contribution in [1.29, 1.82) is 0 Å². The zero-order valence-electron chi connectivity index (χ0n) is 14.3. The van der Waals surface area contributed by atoms with Gasteiger partial charge in [0.2, 0.25) is 0 Å². The smallest absolute Gasteiger partial charge is 0.197 e. The van der Waals surface area contributed by atoms with Crippen LogP contribution in [0.3, 0.4) is 0 Å². The molecule has 5 heteroatoms. The van der Waals surface area contributed by atoms with Crippen LogP contribution in [-0.4, -0.2) is 52.5 Å². The molecule has 0 saturated heterocycles. The fraction of sp³-hybridized carbons (Fsp3) is 0.350. The molecule has 1 heterocycles. The van der Waals surface area contributed by atoms with Gasteiger partial charge in [0.15, 0.2) is 5.43 Å². The Labute approximate surface area is 146 Å². The molecule has 3 aromatic rings. The van der Waals surface area contributed by atoms with Gasteiger partial charge in [0.25, 0.3) is 0 Å². The Bertz CT molecular complexity index is 838. The average molecular weight is 340 g/mol. The number of aliphatic hydroxyl groups is 2. The van der Waals surface area contributed by atoms with Gasteiger partial charge in [-0.1, -0.05) is 24.3 Å². The van der Waals surface area contributed by atoms with Gasteiger partial charge in [-0.15, -0.1) is 0 Å². The molecular formula is C20H24N2O3. The third-order valence-corrected chi connectivity index (χ3v) is 4.57. The maximum atomic E-state index is 12.7. The number of hydrogen-bond acceptors (Lipinski definition) is 4. The second kappa shape index (κ2) is 8.25.